The van der Waals surface area contributed by atoms with Crippen LogP contribution in [-0.4, -0.2) is 31.3 Å². The van der Waals surface area contributed by atoms with Gasteiger partial charge in [-0.3, -0.25) is 9.36 Å². The Labute approximate surface area is 170 Å². The van der Waals surface area contributed by atoms with Gasteiger partial charge in [-0.25, -0.2) is 19.1 Å². The number of furan rings is 1. The summed E-state index contributed by atoms with van der Waals surface area (Å²) in [4.78, 5) is 43.2. The predicted octanol–water partition coefficient (Wildman–Crippen LogP) is 2.11. The third-order valence-corrected chi connectivity index (χ3v) is 4.81. The number of carbonyl (C=O) groups is 1. The maximum Gasteiger partial charge on any atom is 0.337 e. The smallest absolute Gasteiger partial charge is 0.337 e. The zero-order valence-corrected chi connectivity index (χ0v) is 16.5. The molecule has 0 N–H and O–H groups in total. The molecule has 0 aliphatic carbocycles. The van der Waals surface area contributed by atoms with Crippen LogP contribution >= 0.6 is 0 Å². The van der Waals surface area contributed by atoms with Crippen molar-refractivity contribution in [2.24, 2.45) is 0 Å². The molecule has 30 heavy (non-hydrogen) atoms. The molecule has 0 fully saturated rings. The number of ether oxygens (including phenoxy) is 1. The van der Waals surface area contributed by atoms with Gasteiger partial charge in [0.05, 0.1) is 31.4 Å². The fraction of sp³-hybridized carbons (Fsp3) is 0.238. The molecule has 9 heteroatoms. The van der Waals surface area contributed by atoms with Gasteiger partial charge in [0.15, 0.2) is 11.2 Å². The minimum atomic E-state index is -0.790. The van der Waals surface area contributed by atoms with E-state index in [2.05, 4.69) is 4.98 Å². The summed E-state index contributed by atoms with van der Waals surface area (Å²) in [6, 6.07) is 11.5. The van der Waals surface area contributed by atoms with Gasteiger partial charge < -0.3 is 13.7 Å². The molecule has 1 aromatic carbocycles. The van der Waals surface area contributed by atoms with E-state index in [9.17, 15) is 14.4 Å². The van der Waals surface area contributed by atoms with Crippen LogP contribution in [0.3, 0.4) is 0 Å². The summed E-state index contributed by atoms with van der Waals surface area (Å²) >= 11 is 0. The van der Waals surface area contributed by atoms with Crippen molar-refractivity contribution in [1.29, 1.82) is 0 Å². The fourth-order valence-electron chi connectivity index (χ4n) is 3.32. The third-order valence-electron chi connectivity index (χ3n) is 4.81. The van der Waals surface area contributed by atoms with Crippen molar-refractivity contribution in [2.75, 3.05) is 6.61 Å². The molecule has 0 radical (unpaired) electrons. The number of fused-ring (bicyclic) bond motifs is 1. The van der Waals surface area contributed by atoms with Crippen LogP contribution < -0.4 is 11.2 Å². The molecule has 0 aliphatic rings. The van der Waals surface area contributed by atoms with Gasteiger partial charge >= 0.3 is 11.7 Å². The van der Waals surface area contributed by atoms with Crippen molar-refractivity contribution in [3.05, 3.63) is 81.7 Å². The molecule has 0 unspecified atom stereocenters. The summed E-state index contributed by atoms with van der Waals surface area (Å²) in [5, 5.41) is 0. The Morgan fingerprint density at radius 2 is 1.93 bits per heavy atom. The van der Waals surface area contributed by atoms with Gasteiger partial charge in [0.25, 0.3) is 5.56 Å². The van der Waals surface area contributed by atoms with E-state index in [4.69, 9.17) is 9.15 Å². The number of nitrogens with zero attached hydrogens (tertiary/aromatic N) is 4. The molecule has 0 spiro atoms. The number of imidazole rings is 1. The van der Waals surface area contributed by atoms with Crippen LogP contribution in [0.1, 0.15) is 25.6 Å². The molecule has 9 nitrogen and oxygen atoms in total. The molecule has 3 heterocycles. The summed E-state index contributed by atoms with van der Waals surface area (Å²) in [7, 11) is 0. The van der Waals surface area contributed by atoms with E-state index in [1.54, 1.807) is 50.2 Å². The van der Waals surface area contributed by atoms with Crippen LogP contribution in [0.25, 0.3) is 16.9 Å². The number of rotatable bonds is 6. The Kier molecular flexibility index (Phi) is 5.09. The number of carbonyl (C=O) groups excluding carboxylic acids is 1. The molecule has 4 aromatic rings. The summed E-state index contributed by atoms with van der Waals surface area (Å²) < 4.78 is 14.3. The lowest BCUT2D eigenvalue weighted by Crippen LogP contribution is -2.40. The van der Waals surface area contributed by atoms with Crippen LogP contribution in [0.4, 0.5) is 0 Å². The molecule has 0 amide bonds. The highest BCUT2D eigenvalue weighted by atomic mass is 16.5. The monoisotopic (exact) mass is 408 g/mol. The molecule has 0 saturated carbocycles. The van der Waals surface area contributed by atoms with Crippen molar-refractivity contribution in [1.82, 2.24) is 18.7 Å². The molecular weight excluding hydrogens is 388 g/mol. The molecule has 1 atom stereocenters. The number of hydrogen-bond donors (Lipinski definition) is 0. The summed E-state index contributed by atoms with van der Waals surface area (Å²) in [5.74, 6) is -0.0380. The van der Waals surface area contributed by atoms with E-state index in [1.807, 2.05) is 6.07 Å². The molecule has 3 aromatic heterocycles. The van der Waals surface area contributed by atoms with E-state index >= 15 is 0 Å². The van der Waals surface area contributed by atoms with E-state index in [1.165, 1.54) is 21.7 Å². The highest BCUT2D eigenvalue weighted by molar-refractivity contribution is 5.79. The normalized spacial score (nSPS) is 12.2. The Hall–Kier alpha value is -3.88. The first-order valence-corrected chi connectivity index (χ1v) is 9.49. The van der Waals surface area contributed by atoms with Gasteiger partial charge in [-0.1, -0.05) is 18.2 Å². The van der Waals surface area contributed by atoms with E-state index in [0.717, 1.165) is 4.57 Å². The second-order valence-corrected chi connectivity index (χ2v) is 6.68. The van der Waals surface area contributed by atoms with Gasteiger partial charge in [-0.15, -0.1) is 0 Å². The van der Waals surface area contributed by atoms with Crippen molar-refractivity contribution in [3.63, 3.8) is 0 Å². The van der Waals surface area contributed by atoms with Crippen molar-refractivity contribution >= 4 is 17.1 Å². The highest BCUT2D eigenvalue weighted by Gasteiger charge is 2.25. The Morgan fingerprint density at radius 1 is 1.17 bits per heavy atom. The Bertz CT molecular complexity index is 1300. The SMILES string of the molecule is CCOC(=O)[C@H](C)n1cnc2c1c(=O)n(Cc1ccco1)c(=O)n2-c1ccccc1. The number of para-hydroxylation sites is 1. The van der Waals surface area contributed by atoms with Crippen LogP contribution in [-0.2, 0) is 16.1 Å². The highest BCUT2D eigenvalue weighted by Crippen LogP contribution is 2.18. The molecule has 0 aliphatic heterocycles. The van der Waals surface area contributed by atoms with Crippen molar-refractivity contribution < 1.29 is 13.9 Å². The van der Waals surface area contributed by atoms with Gasteiger partial charge in [-0.05, 0) is 38.1 Å². The summed E-state index contributed by atoms with van der Waals surface area (Å²) in [5.41, 5.74) is -0.264. The standard InChI is InChI=1S/C21H20N4O5/c1-3-29-20(27)14(2)24-13-22-18-17(24)19(26)23(12-16-10-7-11-30-16)21(28)25(18)15-8-5-4-6-9-15/h4-11,13-14H,3,12H2,1-2H3/t14-/m0/s1. The van der Waals surface area contributed by atoms with Crippen LogP contribution in [0.5, 0.6) is 0 Å². The summed E-state index contributed by atoms with van der Waals surface area (Å²) in [6.07, 6.45) is 2.85. The largest absolute Gasteiger partial charge is 0.467 e. The maximum atomic E-state index is 13.3. The lowest BCUT2D eigenvalue weighted by atomic mass is 10.3. The average molecular weight is 408 g/mol. The first-order valence-electron chi connectivity index (χ1n) is 9.49. The molecule has 0 bridgehead atoms. The van der Waals surface area contributed by atoms with Gasteiger partial charge in [0, 0.05) is 0 Å². The first kappa shape index (κ1) is 19.4. The second-order valence-electron chi connectivity index (χ2n) is 6.68. The van der Waals surface area contributed by atoms with Gasteiger partial charge in [0.2, 0.25) is 0 Å². The Balaban J connectivity index is 2.02. The predicted molar refractivity (Wildman–Crippen MR) is 109 cm³/mol. The number of aromatic nitrogens is 4. The molecule has 0 saturated heterocycles. The minimum absolute atomic E-state index is 0.0492. The van der Waals surface area contributed by atoms with Crippen molar-refractivity contribution in [2.45, 2.75) is 26.4 Å². The lowest BCUT2D eigenvalue weighted by Gasteiger charge is -2.15. The van der Waals surface area contributed by atoms with Crippen LogP contribution in [0.15, 0.2) is 69.1 Å². The Morgan fingerprint density at radius 3 is 2.60 bits per heavy atom. The minimum Gasteiger partial charge on any atom is -0.467 e. The lowest BCUT2D eigenvalue weighted by molar-refractivity contribution is -0.146. The third kappa shape index (κ3) is 3.24. The number of benzene rings is 1. The zero-order valence-electron chi connectivity index (χ0n) is 16.5. The van der Waals surface area contributed by atoms with Gasteiger partial charge in [0.1, 0.15) is 11.8 Å². The topological polar surface area (TPSA) is 101 Å². The van der Waals surface area contributed by atoms with Crippen molar-refractivity contribution in [3.8, 4) is 5.69 Å². The van der Waals surface area contributed by atoms with E-state index < -0.39 is 23.3 Å². The molecule has 4 rings (SSSR count). The van der Waals surface area contributed by atoms with Crippen LogP contribution in [0.2, 0.25) is 0 Å². The second kappa shape index (κ2) is 7.86. The zero-order chi connectivity index (χ0) is 21.3. The maximum absolute atomic E-state index is 13.3. The summed E-state index contributed by atoms with van der Waals surface area (Å²) in [6.45, 7) is 3.49. The van der Waals surface area contributed by atoms with Gasteiger partial charge in [-0.2, -0.15) is 0 Å². The van der Waals surface area contributed by atoms with Crippen LogP contribution in [0, 0.1) is 0 Å². The fourth-order valence-corrected chi connectivity index (χ4v) is 3.32. The van der Waals surface area contributed by atoms with E-state index in [-0.39, 0.29) is 24.3 Å². The number of esters is 1. The first-order chi connectivity index (χ1) is 14.5. The number of hydrogen-bond acceptors (Lipinski definition) is 6. The average Bonchev–Trinajstić information content (AvgIpc) is 3.42. The molecule has 154 valence electrons. The molecular formula is C21H20N4O5. The quantitative estimate of drug-likeness (QED) is 0.453. The van der Waals surface area contributed by atoms with E-state index in [0.29, 0.717) is 11.4 Å².